The van der Waals surface area contributed by atoms with Crippen molar-refractivity contribution in [1.29, 1.82) is 0 Å². The molecule has 0 aliphatic carbocycles. The van der Waals surface area contributed by atoms with E-state index in [-0.39, 0.29) is 5.69 Å². The topological polar surface area (TPSA) is 89.1 Å². The second-order valence-electron chi connectivity index (χ2n) is 9.13. The zero-order valence-electron chi connectivity index (χ0n) is 21.1. The summed E-state index contributed by atoms with van der Waals surface area (Å²) in [7, 11) is 0. The molecule has 38 heavy (non-hydrogen) atoms. The lowest BCUT2D eigenvalue weighted by Gasteiger charge is -2.28. The van der Waals surface area contributed by atoms with Crippen LogP contribution in [0.1, 0.15) is 36.2 Å². The lowest BCUT2D eigenvalue weighted by atomic mass is 9.98. The Kier molecular flexibility index (Phi) is 7.27. The van der Waals surface area contributed by atoms with Crippen LogP contribution in [0.5, 0.6) is 0 Å². The molecule has 0 spiro atoms. The fourth-order valence-corrected chi connectivity index (χ4v) is 5.54. The van der Waals surface area contributed by atoms with Crippen molar-refractivity contribution in [3.05, 3.63) is 86.9 Å². The molecule has 2 aromatic heterocycles. The van der Waals surface area contributed by atoms with E-state index >= 15 is 4.39 Å². The van der Waals surface area contributed by atoms with Crippen LogP contribution in [0.4, 0.5) is 20.7 Å². The number of nitrogens with zero attached hydrogens (tertiary/aromatic N) is 4. The highest BCUT2D eigenvalue weighted by atomic mass is 35.5. The zero-order chi connectivity index (χ0) is 27.0. The summed E-state index contributed by atoms with van der Waals surface area (Å²) < 4.78 is 17.1. The molecule has 3 N–H and O–H groups in total. The molecule has 2 amide bonds. The van der Waals surface area contributed by atoms with Crippen LogP contribution >= 0.6 is 23.2 Å². The summed E-state index contributed by atoms with van der Waals surface area (Å²) in [6, 6.07) is 11.8. The van der Waals surface area contributed by atoms with Crippen LogP contribution in [-0.4, -0.2) is 27.3 Å². The third-order valence-corrected chi connectivity index (χ3v) is 7.28. The average Bonchev–Trinajstić information content (AvgIpc) is 3.27. The van der Waals surface area contributed by atoms with Crippen molar-refractivity contribution in [2.75, 3.05) is 16.8 Å². The number of urea groups is 1. The molecule has 1 aliphatic heterocycles. The second kappa shape index (κ2) is 10.6. The summed E-state index contributed by atoms with van der Waals surface area (Å²) in [6.07, 6.45) is 3.88. The van der Waals surface area contributed by atoms with Crippen molar-refractivity contribution < 1.29 is 9.18 Å². The quantitative estimate of drug-likeness (QED) is 0.283. The van der Waals surface area contributed by atoms with E-state index in [1.54, 1.807) is 18.3 Å². The minimum Gasteiger partial charge on any atom is -0.351 e. The molecule has 0 saturated carbocycles. The van der Waals surface area contributed by atoms with Crippen molar-refractivity contribution in [3.63, 3.8) is 0 Å². The number of carbonyl (C=O) groups is 1. The van der Waals surface area contributed by atoms with E-state index in [2.05, 4.69) is 47.2 Å². The van der Waals surface area contributed by atoms with Crippen LogP contribution in [0.2, 0.25) is 10.0 Å². The largest absolute Gasteiger partial charge is 0.351 e. The number of primary amides is 1. The lowest BCUT2D eigenvalue weighted by Crippen LogP contribution is -2.31. The fraction of sp³-hybridized carbons (Fsp3) is 0.250. The van der Waals surface area contributed by atoms with Gasteiger partial charge in [0.1, 0.15) is 11.6 Å². The van der Waals surface area contributed by atoms with Crippen LogP contribution in [0.25, 0.3) is 16.9 Å². The lowest BCUT2D eigenvalue weighted by molar-refractivity contribution is 0.259. The Balaban J connectivity index is 1.71. The van der Waals surface area contributed by atoms with E-state index in [0.29, 0.717) is 40.9 Å². The van der Waals surface area contributed by atoms with Crippen LogP contribution in [0.3, 0.4) is 0 Å². The number of amides is 2. The number of hydrogen-bond donors (Lipinski definition) is 2. The number of fused-ring (bicyclic) bond motifs is 1. The van der Waals surface area contributed by atoms with Crippen molar-refractivity contribution in [2.24, 2.45) is 5.73 Å². The van der Waals surface area contributed by atoms with E-state index in [1.165, 1.54) is 12.1 Å². The van der Waals surface area contributed by atoms with Gasteiger partial charge in [0.15, 0.2) is 0 Å². The highest BCUT2D eigenvalue weighted by Crippen LogP contribution is 2.38. The first-order valence-electron chi connectivity index (χ1n) is 12.4. The van der Waals surface area contributed by atoms with Gasteiger partial charge in [0, 0.05) is 36.8 Å². The molecule has 0 atom stereocenters. The minimum absolute atomic E-state index is 0.0168. The summed E-state index contributed by atoms with van der Waals surface area (Å²) in [5.41, 5.74) is 11.9. The molecule has 2 aromatic carbocycles. The van der Waals surface area contributed by atoms with Crippen LogP contribution < -0.4 is 16.0 Å². The van der Waals surface area contributed by atoms with Crippen molar-refractivity contribution in [2.45, 2.75) is 39.7 Å². The van der Waals surface area contributed by atoms with Gasteiger partial charge in [0.2, 0.25) is 0 Å². The minimum atomic E-state index is -0.827. The number of para-hydroxylation sites is 1. The Hall–Kier alpha value is -3.62. The molecule has 1 aliphatic rings. The van der Waals surface area contributed by atoms with Gasteiger partial charge in [0.25, 0.3) is 0 Å². The number of benzene rings is 2. The van der Waals surface area contributed by atoms with Gasteiger partial charge >= 0.3 is 6.03 Å². The Bertz CT molecular complexity index is 1510. The van der Waals surface area contributed by atoms with E-state index in [1.807, 2.05) is 4.68 Å². The zero-order valence-corrected chi connectivity index (χ0v) is 22.6. The SMILES string of the molecule is CCc1cccc(CC)c1-n1nc2c(c1-c1ccc(NC(N)=O)c(F)c1)CN(c1ncc(Cl)cc1Cl)CC2. The molecule has 0 radical (unpaired) electrons. The maximum Gasteiger partial charge on any atom is 0.316 e. The number of aryl methyl sites for hydroxylation is 2. The molecule has 5 rings (SSSR count). The monoisotopic (exact) mass is 552 g/mol. The number of anilines is 2. The highest BCUT2D eigenvalue weighted by molar-refractivity contribution is 6.36. The van der Waals surface area contributed by atoms with Crippen LogP contribution in [0.15, 0.2) is 48.7 Å². The number of rotatable bonds is 6. The molecule has 7 nitrogen and oxygen atoms in total. The van der Waals surface area contributed by atoms with Crippen LogP contribution in [-0.2, 0) is 25.8 Å². The van der Waals surface area contributed by atoms with Crippen molar-refractivity contribution in [1.82, 2.24) is 14.8 Å². The molecule has 4 aromatic rings. The van der Waals surface area contributed by atoms with Gasteiger partial charge in [-0.25, -0.2) is 18.9 Å². The number of nitrogens with one attached hydrogen (secondary N) is 1. The maximum atomic E-state index is 15.1. The second-order valence-corrected chi connectivity index (χ2v) is 9.98. The van der Waals surface area contributed by atoms with Gasteiger partial charge in [0.05, 0.1) is 32.8 Å². The Morgan fingerprint density at radius 2 is 1.87 bits per heavy atom. The van der Waals surface area contributed by atoms with E-state index in [4.69, 9.17) is 34.0 Å². The number of pyridine rings is 1. The number of aromatic nitrogens is 3. The maximum absolute atomic E-state index is 15.1. The third-order valence-electron chi connectivity index (χ3n) is 6.80. The smallest absolute Gasteiger partial charge is 0.316 e. The van der Waals surface area contributed by atoms with E-state index in [9.17, 15) is 4.79 Å². The van der Waals surface area contributed by atoms with Gasteiger partial charge in [-0.15, -0.1) is 0 Å². The summed E-state index contributed by atoms with van der Waals surface area (Å²) >= 11 is 12.6. The first-order valence-corrected chi connectivity index (χ1v) is 13.2. The predicted molar refractivity (Wildman–Crippen MR) is 150 cm³/mol. The standard InChI is InChI=1S/C28H27Cl2FN6O/c1-3-16-6-5-7-17(4-2)25(16)37-26(18-8-9-24(22(31)12-18)34-28(32)38)20-15-36(11-10-23(20)35-37)27-21(30)13-19(29)14-33-27/h5-9,12-14H,3-4,10-11,15H2,1-2H3,(H3,32,34,38). The third kappa shape index (κ3) is 4.81. The highest BCUT2D eigenvalue weighted by Gasteiger charge is 2.29. The Labute approximate surface area is 230 Å². The fourth-order valence-electron chi connectivity index (χ4n) is 5.04. The van der Waals surface area contributed by atoms with Gasteiger partial charge in [-0.05, 0) is 42.2 Å². The summed E-state index contributed by atoms with van der Waals surface area (Å²) in [5.74, 6) is 0.0492. The van der Waals surface area contributed by atoms with E-state index in [0.717, 1.165) is 46.6 Å². The van der Waals surface area contributed by atoms with Gasteiger partial charge in [-0.1, -0.05) is 61.3 Å². The van der Waals surface area contributed by atoms with Crippen LogP contribution in [0, 0.1) is 5.82 Å². The molecule has 196 valence electrons. The Morgan fingerprint density at radius 1 is 1.13 bits per heavy atom. The molecule has 3 heterocycles. The molecule has 0 fully saturated rings. The molecule has 0 saturated heterocycles. The first-order chi connectivity index (χ1) is 18.3. The molecule has 0 unspecified atom stereocenters. The van der Waals surface area contributed by atoms with E-state index < -0.39 is 11.8 Å². The number of hydrogen-bond acceptors (Lipinski definition) is 4. The molecule has 0 bridgehead atoms. The number of carbonyl (C=O) groups excluding carboxylic acids is 1. The average molecular weight is 553 g/mol. The van der Waals surface area contributed by atoms with Crippen molar-refractivity contribution in [3.8, 4) is 16.9 Å². The molecular weight excluding hydrogens is 526 g/mol. The van der Waals surface area contributed by atoms with Gasteiger partial charge in [-0.2, -0.15) is 5.10 Å². The predicted octanol–water partition coefficient (Wildman–Crippen LogP) is 6.56. The molecule has 10 heteroatoms. The first kappa shape index (κ1) is 26.0. The number of halogens is 3. The Morgan fingerprint density at radius 3 is 2.50 bits per heavy atom. The summed E-state index contributed by atoms with van der Waals surface area (Å²) in [5, 5.41) is 8.34. The molecular formula is C28H27Cl2FN6O. The van der Waals surface area contributed by atoms with Crippen molar-refractivity contribution >= 4 is 40.7 Å². The normalized spacial score (nSPS) is 12.9. The number of nitrogens with two attached hydrogens (primary N) is 1. The van der Waals surface area contributed by atoms with Gasteiger partial charge < -0.3 is 16.0 Å². The summed E-state index contributed by atoms with van der Waals surface area (Å²) in [4.78, 5) is 17.9. The summed E-state index contributed by atoms with van der Waals surface area (Å²) in [6.45, 7) is 5.38. The van der Waals surface area contributed by atoms with Gasteiger partial charge in [-0.3, -0.25) is 0 Å².